The maximum absolute atomic E-state index is 13.1. The van der Waals surface area contributed by atoms with Crippen LogP contribution in [0.25, 0.3) is 11.0 Å². The number of fused-ring (bicyclic) bond motifs is 1. The average molecular weight is 324 g/mol. The zero-order chi connectivity index (χ0) is 15.0. The van der Waals surface area contributed by atoms with Gasteiger partial charge < -0.3 is 9.73 Å². The molecule has 0 aliphatic carbocycles. The highest BCUT2D eigenvalue weighted by Crippen LogP contribution is 2.27. The summed E-state index contributed by atoms with van der Waals surface area (Å²) in [6.07, 6.45) is 0. The lowest BCUT2D eigenvalue weighted by Crippen LogP contribution is -2.11. The maximum atomic E-state index is 13.1. The Hall–Kier alpha value is -2.04. The summed E-state index contributed by atoms with van der Waals surface area (Å²) in [5.74, 6) is -0.798. The minimum atomic E-state index is -0.476. The van der Waals surface area contributed by atoms with Crippen molar-refractivity contribution in [1.29, 1.82) is 0 Å². The van der Waals surface area contributed by atoms with Gasteiger partial charge in [0.15, 0.2) is 5.76 Å². The minimum absolute atomic E-state index is 0.0709. The fourth-order valence-corrected chi connectivity index (χ4v) is 2.36. The van der Waals surface area contributed by atoms with Gasteiger partial charge in [-0.2, -0.15) is 0 Å². The molecular formula is C15H8Cl2FNO2. The topological polar surface area (TPSA) is 42.2 Å². The number of carbonyl (C=O) groups excluding carboxylic acids is 1. The first-order valence-corrected chi connectivity index (χ1v) is 6.74. The molecule has 0 saturated carbocycles. The fourth-order valence-electron chi connectivity index (χ4n) is 1.90. The molecule has 106 valence electrons. The van der Waals surface area contributed by atoms with Crippen LogP contribution in [0, 0.1) is 5.82 Å². The van der Waals surface area contributed by atoms with Gasteiger partial charge in [0.25, 0.3) is 5.91 Å². The summed E-state index contributed by atoms with van der Waals surface area (Å²) in [6.45, 7) is 0. The van der Waals surface area contributed by atoms with Crippen molar-refractivity contribution in [3.05, 3.63) is 64.1 Å². The lowest BCUT2D eigenvalue weighted by atomic mass is 10.2. The minimum Gasteiger partial charge on any atom is -0.451 e. The van der Waals surface area contributed by atoms with Crippen molar-refractivity contribution in [3.63, 3.8) is 0 Å². The molecule has 1 heterocycles. The molecule has 0 aliphatic heterocycles. The van der Waals surface area contributed by atoms with Crippen molar-refractivity contribution >= 4 is 45.8 Å². The summed E-state index contributed by atoms with van der Waals surface area (Å²) in [4.78, 5) is 12.1. The Morgan fingerprint density at radius 1 is 1.10 bits per heavy atom. The highest BCUT2D eigenvalue weighted by Gasteiger charge is 2.14. The number of carbonyl (C=O) groups is 1. The summed E-state index contributed by atoms with van der Waals surface area (Å²) in [7, 11) is 0. The van der Waals surface area contributed by atoms with Gasteiger partial charge in [0.2, 0.25) is 0 Å². The van der Waals surface area contributed by atoms with Gasteiger partial charge in [-0.25, -0.2) is 4.39 Å². The van der Waals surface area contributed by atoms with Gasteiger partial charge in [-0.15, -0.1) is 0 Å². The molecule has 1 N–H and O–H groups in total. The molecule has 6 heteroatoms. The van der Waals surface area contributed by atoms with E-state index >= 15 is 0 Å². The molecule has 0 saturated heterocycles. The molecule has 0 atom stereocenters. The predicted molar refractivity (Wildman–Crippen MR) is 80.6 cm³/mol. The molecule has 3 nitrogen and oxygen atoms in total. The molecule has 1 amide bonds. The maximum Gasteiger partial charge on any atom is 0.291 e. The zero-order valence-corrected chi connectivity index (χ0v) is 12.0. The number of amides is 1. The monoisotopic (exact) mass is 323 g/mol. The largest absolute Gasteiger partial charge is 0.451 e. The number of anilines is 1. The van der Waals surface area contributed by atoms with Crippen molar-refractivity contribution in [2.45, 2.75) is 0 Å². The number of nitrogens with one attached hydrogen (secondary N) is 1. The Labute approximate surface area is 129 Å². The summed E-state index contributed by atoms with van der Waals surface area (Å²) in [5.41, 5.74) is 0.849. The Kier molecular flexibility index (Phi) is 3.57. The molecule has 0 radical (unpaired) electrons. The Bertz CT molecular complexity index is 845. The van der Waals surface area contributed by atoms with Gasteiger partial charge in [-0.1, -0.05) is 23.2 Å². The van der Waals surface area contributed by atoms with Crippen LogP contribution < -0.4 is 5.32 Å². The number of furan rings is 1. The van der Waals surface area contributed by atoms with Gasteiger partial charge in [-0.3, -0.25) is 4.79 Å². The Balaban J connectivity index is 1.89. The van der Waals surface area contributed by atoms with Gasteiger partial charge >= 0.3 is 0 Å². The molecule has 3 aromatic rings. The van der Waals surface area contributed by atoms with Crippen LogP contribution >= 0.6 is 23.2 Å². The second-order valence-corrected chi connectivity index (χ2v) is 5.21. The summed E-state index contributed by atoms with van der Waals surface area (Å²) in [5, 5.41) is 3.92. The van der Waals surface area contributed by atoms with E-state index in [1.165, 1.54) is 30.3 Å². The molecule has 0 fully saturated rings. The molecule has 3 rings (SSSR count). The van der Waals surface area contributed by atoms with Crippen LogP contribution in [0.3, 0.4) is 0 Å². The number of benzene rings is 2. The fraction of sp³-hybridized carbons (Fsp3) is 0. The molecule has 0 bridgehead atoms. The number of hydrogen-bond acceptors (Lipinski definition) is 2. The third kappa shape index (κ3) is 2.86. The Morgan fingerprint density at radius 3 is 2.67 bits per heavy atom. The normalized spacial score (nSPS) is 10.8. The van der Waals surface area contributed by atoms with Crippen LogP contribution in [0.1, 0.15) is 10.6 Å². The first-order valence-electron chi connectivity index (χ1n) is 5.98. The van der Waals surface area contributed by atoms with E-state index in [4.69, 9.17) is 27.6 Å². The summed E-state index contributed by atoms with van der Waals surface area (Å²) >= 11 is 11.8. The van der Waals surface area contributed by atoms with Crippen molar-refractivity contribution in [2.75, 3.05) is 5.32 Å². The average Bonchev–Trinajstić information content (AvgIpc) is 2.85. The van der Waals surface area contributed by atoms with Gasteiger partial charge in [0, 0.05) is 10.4 Å². The van der Waals surface area contributed by atoms with Gasteiger partial charge in [-0.05, 0) is 42.5 Å². The third-order valence-electron chi connectivity index (χ3n) is 2.88. The SMILES string of the molecule is O=C(Nc1ccc(Cl)cc1Cl)c1cc2cc(F)ccc2o1. The van der Waals surface area contributed by atoms with E-state index in [9.17, 15) is 9.18 Å². The van der Waals surface area contributed by atoms with E-state index in [1.807, 2.05) is 0 Å². The van der Waals surface area contributed by atoms with Crippen molar-refractivity contribution in [1.82, 2.24) is 0 Å². The van der Waals surface area contributed by atoms with E-state index in [0.29, 0.717) is 26.7 Å². The van der Waals surface area contributed by atoms with Crippen molar-refractivity contribution < 1.29 is 13.6 Å². The van der Waals surface area contributed by atoms with E-state index < -0.39 is 11.7 Å². The van der Waals surface area contributed by atoms with Crippen LogP contribution in [0.15, 0.2) is 46.9 Å². The molecule has 0 aliphatic rings. The van der Waals surface area contributed by atoms with Crippen LogP contribution in [0.2, 0.25) is 10.0 Å². The number of rotatable bonds is 2. The zero-order valence-electron chi connectivity index (χ0n) is 10.5. The standard InChI is InChI=1S/C15H8Cl2FNO2/c16-9-1-3-12(11(17)7-9)19-15(20)14-6-8-5-10(18)2-4-13(8)21-14/h1-7H,(H,19,20). The lowest BCUT2D eigenvalue weighted by molar-refractivity contribution is 0.0998. The number of halogens is 3. The lowest BCUT2D eigenvalue weighted by Gasteiger charge is -2.05. The van der Waals surface area contributed by atoms with Crippen molar-refractivity contribution in [2.24, 2.45) is 0 Å². The molecular weight excluding hydrogens is 316 g/mol. The first kappa shape index (κ1) is 13.9. The second-order valence-electron chi connectivity index (χ2n) is 4.37. The third-order valence-corrected chi connectivity index (χ3v) is 3.43. The number of hydrogen-bond donors (Lipinski definition) is 1. The quantitative estimate of drug-likeness (QED) is 0.710. The smallest absolute Gasteiger partial charge is 0.291 e. The van der Waals surface area contributed by atoms with Crippen LogP contribution in [0.5, 0.6) is 0 Å². The molecule has 2 aromatic carbocycles. The van der Waals surface area contributed by atoms with Crippen LogP contribution in [-0.2, 0) is 0 Å². The van der Waals surface area contributed by atoms with E-state index in [-0.39, 0.29) is 5.76 Å². The molecule has 1 aromatic heterocycles. The highest BCUT2D eigenvalue weighted by molar-refractivity contribution is 6.36. The highest BCUT2D eigenvalue weighted by atomic mass is 35.5. The first-order chi connectivity index (χ1) is 10.0. The Morgan fingerprint density at radius 2 is 1.90 bits per heavy atom. The second kappa shape index (κ2) is 5.39. The van der Waals surface area contributed by atoms with E-state index in [1.54, 1.807) is 12.1 Å². The predicted octanol–water partition coefficient (Wildman–Crippen LogP) is 5.13. The van der Waals surface area contributed by atoms with Gasteiger partial charge in [0.1, 0.15) is 11.4 Å². The molecule has 0 unspecified atom stereocenters. The van der Waals surface area contributed by atoms with E-state index in [2.05, 4.69) is 5.32 Å². The van der Waals surface area contributed by atoms with E-state index in [0.717, 1.165) is 0 Å². The summed E-state index contributed by atoms with van der Waals surface area (Å²) in [6, 6.07) is 10.2. The van der Waals surface area contributed by atoms with Crippen molar-refractivity contribution in [3.8, 4) is 0 Å². The molecule has 0 spiro atoms. The van der Waals surface area contributed by atoms with Gasteiger partial charge in [0.05, 0.1) is 10.7 Å². The van der Waals surface area contributed by atoms with Crippen LogP contribution in [-0.4, -0.2) is 5.91 Å². The summed E-state index contributed by atoms with van der Waals surface area (Å²) < 4.78 is 18.5. The molecule has 21 heavy (non-hydrogen) atoms. The van der Waals surface area contributed by atoms with Crippen LogP contribution in [0.4, 0.5) is 10.1 Å².